The lowest BCUT2D eigenvalue weighted by Gasteiger charge is -2.22. The van der Waals surface area contributed by atoms with Gasteiger partial charge >= 0.3 is 0 Å². The van der Waals surface area contributed by atoms with Crippen LogP contribution in [0.2, 0.25) is 0 Å². The Labute approximate surface area is 330 Å². The van der Waals surface area contributed by atoms with Crippen molar-refractivity contribution in [2.75, 3.05) is 0 Å². The molecule has 7 aromatic carbocycles. The van der Waals surface area contributed by atoms with Crippen LogP contribution in [0, 0.1) is 0 Å². The number of hydrogen-bond acceptors (Lipinski definition) is 2. The van der Waals surface area contributed by atoms with E-state index in [0.29, 0.717) is 5.82 Å². The first-order valence-corrected chi connectivity index (χ1v) is 19.4. The van der Waals surface area contributed by atoms with Crippen molar-refractivity contribution in [3.8, 4) is 56.2 Å². The fourth-order valence-electron chi connectivity index (χ4n) is 7.98. The van der Waals surface area contributed by atoms with Gasteiger partial charge in [0.2, 0.25) is 0 Å². The second kappa shape index (κ2) is 16.2. The van der Waals surface area contributed by atoms with E-state index in [1.165, 1.54) is 49.4 Å². The normalized spacial score (nSPS) is 11.9. The van der Waals surface area contributed by atoms with Crippen molar-refractivity contribution in [3.63, 3.8) is 0 Å². The van der Waals surface area contributed by atoms with Crippen molar-refractivity contribution < 1.29 is 0 Å². The van der Waals surface area contributed by atoms with Gasteiger partial charge in [-0.2, -0.15) is 0 Å². The maximum Gasteiger partial charge on any atom is 0.160 e. The van der Waals surface area contributed by atoms with Crippen LogP contribution >= 0.6 is 0 Å². The van der Waals surface area contributed by atoms with Gasteiger partial charge in [-0.1, -0.05) is 183 Å². The summed E-state index contributed by atoms with van der Waals surface area (Å²) in [6.45, 7) is 10.3. The zero-order valence-corrected chi connectivity index (χ0v) is 32.2. The minimum Gasteiger partial charge on any atom is -0.228 e. The zero-order valence-electron chi connectivity index (χ0n) is 32.2. The molecule has 2 nitrogen and oxygen atoms in total. The second-order valence-corrected chi connectivity index (χ2v) is 13.9. The van der Waals surface area contributed by atoms with Crippen LogP contribution in [0.1, 0.15) is 37.5 Å². The molecular formula is C54H44N2. The summed E-state index contributed by atoms with van der Waals surface area (Å²) in [5, 5.41) is 4.97. The number of rotatable bonds is 10. The maximum absolute atomic E-state index is 5.28. The molecule has 0 amide bonds. The average molecular weight is 721 g/mol. The maximum atomic E-state index is 5.28. The molecule has 0 unspecified atom stereocenters. The van der Waals surface area contributed by atoms with E-state index in [1.54, 1.807) is 6.08 Å². The molecule has 0 fully saturated rings. The van der Waals surface area contributed by atoms with Crippen LogP contribution in [0.25, 0.3) is 89.4 Å². The number of nitrogens with zero attached hydrogens (tertiary/aromatic N) is 2. The van der Waals surface area contributed by atoms with Gasteiger partial charge < -0.3 is 0 Å². The van der Waals surface area contributed by atoms with E-state index in [9.17, 15) is 0 Å². The van der Waals surface area contributed by atoms with Gasteiger partial charge in [-0.25, -0.2) is 9.97 Å². The molecule has 2 heteroatoms. The van der Waals surface area contributed by atoms with Crippen LogP contribution in [0.5, 0.6) is 0 Å². The summed E-state index contributed by atoms with van der Waals surface area (Å²) in [5.74, 6) is 0.690. The van der Waals surface area contributed by atoms with E-state index < -0.39 is 0 Å². The number of benzene rings is 7. The predicted octanol–water partition coefficient (Wildman–Crippen LogP) is 14.9. The van der Waals surface area contributed by atoms with Gasteiger partial charge in [-0.05, 0) is 105 Å². The van der Waals surface area contributed by atoms with E-state index in [4.69, 9.17) is 9.97 Å². The lowest BCUT2D eigenvalue weighted by molar-refractivity contribution is 1.14. The van der Waals surface area contributed by atoms with E-state index in [1.807, 2.05) is 12.1 Å². The highest BCUT2D eigenvalue weighted by Gasteiger charge is 2.21. The molecule has 0 saturated heterocycles. The minimum absolute atomic E-state index is 0.690. The van der Waals surface area contributed by atoms with Gasteiger partial charge in [0.1, 0.15) is 0 Å². The van der Waals surface area contributed by atoms with Gasteiger partial charge in [0.25, 0.3) is 0 Å². The van der Waals surface area contributed by atoms with Gasteiger partial charge in [0.05, 0.1) is 11.4 Å². The quantitative estimate of drug-likeness (QED) is 0.131. The van der Waals surface area contributed by atoms with Crippen LogP contribution < -0.4 is 0 Å². The van der Waals surface area contributed by atoms with E-state index in [0.717, 1.165) is 51.2 Å². The van der Waals surface area contributed by atoms with Gasteiger partial charge in [0.15, 0.2) is 5.82 Å². The molecule has 0 radical (unpaired) electrons. The van der Waals surface area contributed by atoms with Gasteiger partial charge in [-0.3, -0.25) is 0 Å². The molecule has 0 atom stereocenters. The lowest BCUT2D eigenvalue weighted by atomic mass is 9.81. The Kier molecular flexibility index (Phi) is 10.5. The smallest absolute Gasteiger partial charge is 0.160 e. The third kappa shape index (κ3) is 6.94. The first-order chi connectivity index (χ1) is 27.6. The van der Waals surface area contributed by atoms with Crippen molar-refractivity contribution in [3.05, 3.63) is 205 Å². The summed E-state index contributed by atoms with van der Waals surface area (Å²) in [7, 11) is 0. The summed E-state index contributed by atoms with van der Waals surface area (Å²) in [6, 6.07) is 54.1. The second-order valence-electron chi connectivity index (χ2n) is 13.9. The van der Waals surface area contributed by atoms with E-state index in [-0.39, 0.29) is 0 Å². The Balaban J connectivity index is 1.34. The molecule has 0 aliphatic heterocycles. The van der Waals surface area contributed by atoms with Crippen LogP contribution in [-0.4, -0.2) is 9.97 Å². The standard InChI is InChI=1S/C54H44N2/c1-5-9-21-37(7-3)40-26-17-27-41(34-40)51-36-50(39-23-11-10-12-24-39)55-54(56-51)43-29-18-28-42(35-43)52-44(8-4)46(20-6-2)53(49-32-16-15-31-48(49)52)47-33-19-25-38-22-13-14-30-45(38)47/h5-7,9-36H,1,8H2,2-4H3/b20-6-,21-9-,37-7+. The molecule has 0 aliphatic carbocycles. The molecule has 1 aromatic heterocycles. The summed E-state index contributed by atoms with van der Waals surface area (Å²) < 4.78 is 0. The van der Waals surface area contributed by atoms with Crippen molar-refractivity contribution in [1.82, 2.24) is 9.97 Å². The molecule has 8 rings (SSSR count). The van der Waals surface area contributed by atoms with Gasteiger partial charge in [0, 0.05) is 16.7 Å². The SMILES string of the molecule is C=C/C=C\C(=C/C)c1cccc(-c2cc(-c3ccccc3)nc(-c3cccc(-c4c(CC)c(/C=C\C)c(-c5cccc6ccccc56)c5ccccc45)c3)n2)c1. The van der Waals surface area contributed by atoms with Crippen molar-refractivity contribution in [1.29, 1.82) is 0 Å². The number of allylic oxidation sites excluding steroid dienone is 6. The third-order valence-electron chi connectivity index (χ3n) is 10.5. The van der Waals surface area contributed by atoms with Crippen LogP contribution in [0.15, 0.2) is 189 Å². The van der Waals surface area contributed by atoms with E-state index in [2.05, 4.69) is 197 Å². The van der Waals surface area contributed by atoms with Crippen molar-refractivity contribution in [2.24, 2.45) is 0 Å². The Morgan fingerprint density at radius 3 is 1.96 bits per heavy atom. The number of fused-ring (bicyclic) bond motifs is 2. The number of hydrogen-bond donors (Lipinski definition) is 0. The predicted molar refractivity (Wildman–Crippen MR) is 241 cm³/mol. The molecule has 0 bridgehead atoms. The third-order valence-corrected chi connectivity index (χ3v) is 10.5. The highest BCUT2D eigenvalue weighted by Crippen LogP contribution is 2.45. The van der Waals surface area contributed by atoms with Gasteiger partial charge in [-0.15, -0.1) is 0 Å². The van der Waals surface area contributed by atoms with Crippen LogP contribution in [0.3, 0.4) is 0 Å². The summed E-state index contributed by atoms with van der Waals surface area (Å²) >= 11 is 0. The van der Waals surface area contributed by atoms with Crippen LogP contribution in [-0.2, 0) is 6.42 Å². The largest absolute Gasteiger partial charge is 0.228 e. The minimum atomic E-state index is 0.690. The highest BCUT2D eigenvalue weighted by molar-refractivity contribution is 6.13. The summed E-state index contributed by atoms with van der Waals surface area (Å²) in [6.07, 6.45) is 13.3. The zero-order chi connectivity index (χ0) is 38.4. The molecule has 0 saturated carbocycles. The Hall–Kier alpha value is -6.90. The molecule has 8 aromatic rings. The average Bonchev–Trinajstić information content (AvgIpc) is 3.26. The molecule has 0 N–H and O–H groups in total. The van der Waals surface area contributed by atoms with Crippen molar-refractivity contribution in [2.45, 2.75) is 27.2 Å². The fourth-order valence-corrected chi connectivity index (χ4v) is 7.98. The highest BCUT2D eigenvalue weighted by atomic mass is 14.9. The van der Waals surface area contributed by atoms with Crippen LogP contribution in [0.4, 0.5) is 0 Å². The molecule has 1 heterocycles. The summed E-state index contributed by atoms with van der Waals surface area (Å²) in [5.41, 5.74) is 14.6. The molecular weight excluding hydrogens is 677 g/mol. The first-order valence-electron chi connectivity index (χ1n) is 19.4. The van der Waals surface area contributed by atoms with E-state index >= 15 is 0 Å². The molecule has 56 heavy (non-hydrogen) atoms. The van der Waals surface area contributed by atoms with Crippen molar-refractivity contribution >= 4 is 33.2 Å². The fraction of sp³-hybridized carbons (Fsp3) is 0.0741. The Morgan fingerprint density at radius 1 is 0.589 bits per heavy atom. The first kappa shape index (κ1) is 36.1. The molecule has 270 valence electrons. The summed E-state index contributed by atoms with van der Waals surface area (Å²) in [4.78, 5) is 10.5. The molecule has 0 aliphatic rings. The topological polar surface area (TPSA) is 25.8 Å². The Morgan fingerprint density at radius 2 is 1.21 bits per heavy atom. The number of aromatic nitrogens is 2. The lowest BCUT2D eigenvalue weighted by Crippen LogP contribution is -2.00. The molecule has 0 spiro atoms. The Bertz CT molecular complexity index is 2810. The monoisotopic (exact) mass is 720 g/mol.